The Morgan fingerprint density at radius 1 is 1.44 bits per heavy atom. The third kappa shape index (κ3) is 3.77. The molecule has 1 aromatic carbocycles. The number of hydrogen-bond acceptors (Lipinski definition) is 3. The van der Waals surface area contributed by atoms with Gasteiger partial charge < -0.3 is 9.64 Å². The van der Waals surface area contributed by atoms with Gasteiger partial charge in [0.15, 0.2) is 0 Å². The summed E-state index contributed by atoms with van der Waals surface area (Å²) in [5.41, 5.74) is 1.000. The molecule has 0 heterocycles. The molecule has 0 aromatic heterocycles. The highest BCUT2D eigenvalue weighted by molar-refractivity contribution is 5.70. The van der Waals surface area contributed by atoms with Gasteiger partial charge in [-0.1, -0.05) is 32.0 Å². The number of carbonyl (C=O) groups excluding carboxylic acids is 1. The quantitative estimate of drug-likeness (QED) is 0.820. The van der Waals surface area contributed by atoms with E-state index in [0.29, 0.717) is 24.6 Å². The van der Waals surface area contributed by atoms with Gasteiger partial charge in [0.25, 0.3) is 0 Å². The molecule has 0 spiro atoms. The number of carbonyl (C=O) groups is 1. The normalized spacial score (nSPS) is 9.94. The van der Waals surface area contributed by atoms with E-state index in [1.54, 1.807) is 13.1 Å². The van der Waals surface area contributed by atoms with Crippen molar-refractivity contribution in [1.82, 2.24) is 4.90 Å². The first-order chi connectivity index (χ1) is 8.56. The molecular formula is C14H18N2O2. The molecule has 96 valence electrons. The van der Waals surface area contributed by atoms with E-state index >= 15 is 0 Å². The zero-order valence-electron chi connectivity index (χ0n) is 11.0. The van der Waals surface area contributed by atoms with E-state index in [0.717, 1.165) is 5.56 Å². The maximum Gasteiger partial charge on any atom is 0.415 e. The molecule has 18 heavy (non-hydrogen) atoms. The molecule has 1 amide bonds. The molecular weight excluding hydrogens is 228 g/mol. The molecule has 4 heteroatoms. The van der Waals surface area contributed by atoms with E-state index in [-0.39, 0.29) is 0 Å². The Labute approximate surface area is 108 Å². The zero-order valence-corrected chi connectivity index (χ0v) is 11.0. The van der Waals surface area contributed by atoms with Gasteiger partial charge in [-0.25, -0.2) is 4.79 Å². The second kappa shape index (κ2) is 6.65. The van der Waals surface area contributed by atoms with Crippen LogP contribution in [-0.2, 0) is 0 Å². The average molecular weight is 246 g/mol. The molecule has 0 bridgehead atoms. The van der Waals surface area contributed by atoms with Gasteiger partial charge in [0.1, 0.15) is 5.75 Å². The van der Waals surface area contributed by atoms with Crippen molar-refractivity contribution in [1.29, 1.82) is 5.26 Å². The minimum Gasteiger partial charge on any atom is -0.410 e. The Balaban J connectivity index is 2.73. The summed E-state index contributed by atoms with van der Waals surface area (Å²) in [6.45, 7) is 4.47. The maximum absolute atomic E-state index is 11.8. The van der Waals surface area contributed by atoms with E-state index in [2.05, 4.69) is 0 Å². The Bertz CT molecular complexity index is 449. The van der Waals surface area contributed by atoms with Gasteiger partial charge in [0.05, 0.1) is 12.5 Å². The van der Waals surface area contributed by atoms with Gasteiger partial charge in [0, 0.05) is 13.6 Å². The smallest absolute Gasteiger partial charge is 0.410 e. The molecule has 0 atom stereocenters. The fourth-order valence-corrected chi connectivity index (χ4v) is 1.53. The van der Waals surface area contributed by atoms with Crippen LogP contribution in [0.3, 0.4) is 0 Å². The molecule has 1 rings (SSSR count). The number of benzene rings is 1. The molecule has 0 aliphatic rings. The molecule has 0 unspecified atom stereocenters. The van der Waals surface area contributed by atoms with Crippen LogP contribution in [0.1, 0.15) is 31.7 Å². The van der Waals surface area contributed by atoms with Gasteiger partial charge in [-0.2, -0.15) is 5.26 Å². The van der Waals surface area contributed by atoms with Crippen LogP contribution in [0.4, 0.5) is 4.79 Å². The van der Waals surface area contributed by atoms with Gasteiger partial charge in [-0.15, -0.1) is 0 Å². The van der Waals surface area contributed by atoms with E-state index in [4.69, 9.17) is 10.00 Å². The fourth-order valence-electron chi connectivity index (χ4n) is 1.53. The summed E-state index contributed by atoms with van der Waals surface area (Å²) < 4.78 is 5.34. The molecule has 1 aromatic rings. The van der Waals surface area contributed by atoms with E-state index in [9.17, 15) is 4.79 Å². The monoisotopic (exact) mass is 246 g/mol. The van der Waals surface area contributed by atoms with E-state index in [1.165, 1.54) is 4.90 Å². The van der Waals surface area contributed by atoms with E-state index in [1.807, 2.05) is 38.1 Å². The van der Waals surface area contributed by atoms with Crippen molar-refractivity contribution in [2.75, 3.05) is 13.6 Å². The first-order valence-electron chi connectivity index (χ1n) is 5.95. The molecule has 0 saturated carbocycles. The van der Waals surface area contributed by atoms with Crippen LogP contribution in [0.25, 0.3) is 0 Å². The Morgan fingerprint density at radius 3 is 2.72 bits per heavy atom. The number of ether oxygens (including phenoxy) is 1. The summed E-state index contributed by atoms with van der Waals surface area (Å²) in [6, 6.07) is 9.49. The van der Waals surface area contributed by atoms with Crippen LogP contribution >= 0.6 is 0 Å². The number of hydrogen-bond donors (Lipinski definition) is 0. The number of nitriles is 1. The van der Waals surface area contributed by atoms with Crippen LogP contribution in [-0.4, -0.2) is 24.6 Å². The summed E-state index contributed by atoms with van der Waals surface area (Å²) >= 11 is 0. The zero-order chi connectivity index (χ0) is 13.5. The molecule has 0 aliphatic heterocycles. The second-order valence-corrected chi connectivity index (χ2v) is 4.39. The number of para-hydroxylation sites is 1. The van der Waals surface area contributed by atoms with Crippen molar-refractivity contribution >= 4 is 6.09 Å². The van der Waals surface area contributed by atoms with Crippen molar-refractivity contribution in [2.24, 2.45) is 0 Å². The van der Waals surface area contributed by atoms with Crippen LogP contribution in [0.5, 0.6) is 5.75 Å². The highest BCUT2D eigenvalue weighted by Gasteiger charge is 2.14. The van der Waals surface area contributed by atoms with Gasteiger partial charge in [0.2, 0.25) is 0 Å². The Hall–Kier alpha value is -2.02. The van der Waals surface area contributed by atoms with Crippen molar-refractivity contribution in [3.8, 4) is 11.8 Å². The third-order valence-electron chi connectivity index (χ3n) is 2.61. The summed E-state index contributed by atoms with van der Waals surface area (Å²) in [5.74, 6) is 0.875. The van der Waals surface area contributed by atoms with Crippen molar-refractivity contribution in [2.45, 2.75) is 26.2 Å². The highest BCUT2D eigenvalue weighted by Crippen LogP contribution is 2.26. The molecule has 4 nitrogen and oxygen atoms in total. The lowest BCUT2D eigenvalue weighted by Crippen LogP contribution is -2.30. The van der Waals surface area contributed by atoms with Crippen molar-refractivity contribution in [3.05, 3.63) is 29.8 Å². The number of rotatable bonds is 4. The van der Waals surface area contributed by atoms with Gasteiger partial charge >= 0.3 is 6.09 Å². The lowest BCUT2D eigenvalue weighted by molar-refractivity contribution is 0.163. The molecule has 0 radical (unpaired) electrons. The summed E-state index contributed by atoms with van der Waals surface area (Å²) in [7, 11) is 1.62. The highest BCUT2D eigenvalue weighted by atomic mass is 16.6. The predicted octanol–water partition coefficient (Wildman–Crippen LogP) is 3.15. The van der Waals surface area contributed by atoms with E-state index < -0.39 is 6.09 Å². The third-order valence-corrected chi connectivity index (χ3v) is 2.61. The number of nitrogens with zero attached hydrogens (tertiary/aromatic N) is 2. The second-order valence-electron chi connectivity index (χ2n) is 4.39. The molecule has 0 N–H and O–H groups in total. The van der Waals surface area contributed by atoms with Crippen LogP contribution in [0, 0.1) is 11.3 Å². The minimum atomic E-state index is -0.432. The lowest BCUT2D eigenvalue weighted by Gasteiger charge is -2.17. The van der Waals surface area contributed by atoms with Gasteiger partial charge in [-0.05, 0) is 17.5 Å². The van der Waals surface area contributed by atoms with Crippen molar-refractivity contribution < 1.29 is 9.53 Å². The lowest BCUT2D eigenvalue weighted by atomic mass is 10.0. The summed E-state index contributed by atoms with van der Waals surface area (Å²) in [4.78, 5) is 13.2. The first kappa shape index (κ1) is 14.0. The predicted molar refractivity (Wildman–Crippen MR) is 69.4 cm³/mol. The molecule has 0 saturated heterocycles. The standard InChI is InChI=1S/C14H18N2O2/c1-11(2)12-7-4-5-8-13(12)18-14(17)16(3)10-6-9-15/h4-5,7-8,11H,6,10H2,1-3H3. The van der Waals surface area contributed by atoms with Crippen LogP contribution < -0.4 is 4.74 Å². The molecule has 0 fully saturated rings. The first-order valence-corrected chi connectivity index (χ1v) is 5.95. The fraction of sp³-hybridized carbons (Fsp3) is 0.429. The topological polar surface area (TPSA) is 53.3 Å². The molecule has 0 aliphatic carbocycles. The van der Waals surface area contributed by atoms with Gasteiger partial charge in [-0.3, -0.25) is 0 Å². The Kier molecular flexibility index (Phi) is 5.19. The largest absolute Gasteiger partial charge is 0.415 e. The summed E-state index contributed by atoms with van der Waals surface area (Å²) in [5, 5.41) is 8.47. The SMILES string of the molecule is CC(C)c1ccccc1OC(=O)N(C)CCC#N. The average Bonchev–Trinajstić information content (AvgIpc) is 2.36. The maximum atomic E-state index is 11.8. The minimum absolute atomic E-state index is 0.290. The Morgan fingerprint density at radius 2 is 2.11 bits per heavy atom. The van der Waals surface area contributed by atoms with Crippen LogP contribution in [0.15, 0.2) is 24.3 Å². The van der Waals surface area contributed by atoms with Crippen LogP contribution in [0.2, 0.25) is 0 Å². The summed E-state index contributed by atoms with van der Waals surface area (Å²) in [6.07, 6.45) is -0.129. The number of amides is 1. The van der Waals surface area contributed by atoms with Crippen molar-refractivity contribution in [3.63, 3.8) is 0 Å².